The summed E-state index contributed by atoms with van der Waals surface area (Å²) in [5.74, 6) is 0. The first-order valence-corrected chi connectivity index (χ1v) is 5.92. The van der Waals surface area contributed by atoms with Crippen molar-refractivity contribution in [2.75, 3.05) is 0 Å². The minimum atomic E-state index is -1.92. The summed E-state index contributed by atoms with van der Waals surface area (Å²) in [6, 6.07) is 2.71. The fourth-order valence-corrected chi connectivity index (χ4v) is 2.25. The Morgan fingerprint density at radius 2 is 1.22 bits per heavy atom. The first kappa shape index (κ1) is 12.8. The van der Waals surface area contributed by atoms with Gasteiger partial charge >= 0.3 is 29.6 Å². The predicted molar refractivity (Wildman–Crippen MR) is 37.2 cm³/mol. The van der Waals surface area contributed by atoms with Gasteiger partial charge in [0.15, 0.2) is 0 Å². The minimum Gasteiger partial charge on any atom is -0.858 e. The molecule has 0 aromatic carbocycles. The Labute approximate surface area is 81.3 Å². The molecule has 0 unspecified atom stereocenters. The van der Waals surface area contributed by atoms with Crippen molar-refractivity contribution < 1.29 is 34.4 Å². The van der Waals surface area contributed by atoms with Gasteiger partial charge in [-0.2, -0.15) is 0 Å². The van der Waals surface area contributed by atoms with E-state index in [1.54, 1.807) is 0 Å². The molecule has 0 atom stereocenters. The van der Waals surface area contributed by atoms with Crippen LogP contribution >= 0.6 is 0 Å². The van der Waals surface area contributed by atoms with Gasteiger partial charge in [0.1, 0.15) is 0 Å². The number of hydrogen-bond donors (Lipinski definition) is 0. The van der Waals surface area contributed by atoms with E-state index in [-0.39, 0.29) is 29.6 Å². The summed E-state index contributed by atoms with van der Waals surface area (Å²) >= 11 is 0. The zero-order chi connectivity index (χ0) is 6.62. The summed E-state index contributed by atoms with van der Waals surface area (Å²) in [5.41, 5.74) is 0. The Hall–Kier alpha value is 1.18. The van der Waals surface area contributed by atoms with E-state index in [0.29, 0.717) is 0 Å². The van der Waals surface area contributed by atoms with Crippen LogP contribution in [0.25, 0.3) is 0 Å². The molecule has 0 spiro atoms. The second-order valence-electron chi connectivity index (χ2n) is 2.24. The summed E-state index contributed by atoms with van der Waals surface area (Å²) in [4.78, 5) is 11.3. The Morgan fingerprint density at radius 1 is 1.00 bits per heavy atom. The fourth-order valence-electron chi connectivity index (χ4n) is 0.750. The van der Waals surface area contributed by atoms with Gasteiger partial charge < -0.3 is 4.80 Å². The van der Waals surface area contributed by atoms with Crippen LogP contribution in [0.15, 0.2) is 0 Å². The molecule has 0 saturated carbocycles. The van der Waals surface area contributed by atoms with Gasteiger partial charge in [0.05, 0.1) is 0 Å². The van der Waals surface area contributed by atoms with Crippen LogP contribution in [0.5, 0.6) is 0 Å². The van der Waals surface area contributed by atoms with Crippen LogP contribution in [0.4, 0.5) is 0 Å². The second kappa shape index (κ2) is 5.92. The molecule has 9 heavy (non-hydrogen) atoms. The third-order valence-corrected chi connectivity index (χ3v) is 5.80. The Bertz CT molecular complexity index is 55.8. The average molecular weight is 154 g/mol. The van der Waals surface area contributed by atoms with Crippen molar-refractivity contribution in [3.8, 4) is 0 Å². The quantitative estimate of drug-likeness (QED) is 0.447. The van der Waals surface area contributed by atoms with Gasteiger partial charge in [-0.1, -0.05) is 38.9 Å². The van der Waals surface area contributed by atoms with Crippen LogP contribution in [0.2, 0.25) is 18.1 Å². The molecular formula is C6H15NaOSi. The van der Waals surface area contributed by atoms with Crippen molar-refractivity contribution in [2.45, 2.75) is 38.9 Å². The van der Waals surface area contributed by atoms with E-state index in [1.807, 2.05) is 20.8 Å². The number of hydrogen-bond acceptors (Lipinski definition) is 1. The average Bonchev–Trinajstić information content (AvgIpc) is 1.87. The smallest absolute Gasteiger partial charge is 0.858 e. The van der Waals surface area contributed by atoms with E-state index < -0.39 is 8.32 Å². The van der Waals surface area contributed by atoms with Gasteiger partial charge in [-0.25, -0.2) is 0 Å². The molecule has 0 heterocycles. The third-order valence-electron chi connectivity index (χ3n) is 1.93. The molecule has 0 rings (SSSR count). The van der Waals surface area contributed by atoms with Crippen LogP contribution < -0.4 is 34.4 Å². The van der Waals surface area contributed by atoms with Gasteiger partial charge in [0.25, 0.3) is 0 Å². The second-order valence-corrected chi connectivity index (χ2v) is 6.73. The Kier molecular flexibility index (Phi) is 8.44. The maximum absolute atomic E-state index is 11.3. The van der Waals surface area contributed by atoms with Crippen molar-refractivity contribution in [1.82, 2.24) is 0 Å². The first-order valence-electron chi connectivity index (χ1n) is 3.39. The van der Waals surface area contributed by atoms with Crippen molar-refractivity contribution in [3.63, 3.8) is 0 Å². The molecule has 0 aliphatic carbocycles. The first-order chi connectivity index (χ1) is 3.68. The maximum atomic E-state index is 11.3. The van der Waals surface area contributed by atoms with Crippen LogP contribution in [0, 0.1) is 0 Å². The summed E-state index contributed by atoms with van der Waals surface area (Å²) in [5, 5.41) is 0. The molecule has 0 saturated heterocycles. The molecule has 1 nitrogen and oxygen atoms in total. The van der Waals surface area contributed by atoms with Gasteiger partial charge in [-0.3, -0.25) is 0 Å². The normalized spacial score (nSPS) is 10.7. The molecule has 0 radical (unpaired) electrons. The van der Waals surface area contributed by atoms with Gasteiger partial charge in [-0.05, 0) is 8.32 Å². The number of rotatable bonds is 3. The van der Waals surface area contributed by atoms with Crippen LogP contribution in [0.3, 0.4) is 0 Å². The molecule has 3 heteroatoms. The van der Waals surface area contributed by atoms with Crippen molar-refractivity contribution in [3.05, 3.63) is 0 Å². The van der Waals surface area contributed by atoms with Crippen LogP contribution in [-0.4, -0.2) is 8.32 Å². The van der Waals surface area contributed by atoms with E-state index in [4.69, 9.17) is 0 Å². The van der Waals surface area contributed by atoms with Crippen molar-refractivity contribution >= 4 is 8.32 Å². The Balaban J connectivity index is 0. The molecular weight excluding hydrogens is 139 g/mol. The molecule has 0 fully saturated rings. The Morgan fingerprint density at radius 3 is 1.22 bits per heavy atom. The van der Waals surface area contributed by atoms with E-state index in [9.17, 15) is 4.80 Å². The zero-order valence-electron chi connectivity index (χ0n) is 7.03. The molecule has 0 N–H and O–H groups in total. The zero-order valence-corrected chi connectivity index (χ0v) is 10.0. The summed E-state index contributed by atoms with van der Waals surface area (Å²) < 4.78 is 0. The maximum Gasteiger partial charge on any atom is 1.00 e. The topological polar surface area (TPSA) is 23.1 Å². The summed E-state index contributed by atoms with van der Waals surface area (Å²) in [7, 11) is -1.92. The van der Waals surface area contributed by atoms with Crippen molar-refractivity contribution in [2.24, 2.45) is 0 Å². The molecule has 0 bridgehead atoms. The van der Waals surface area contributed by atoms with Gasteiger partial charge in [0.2, 0.25) is 0 Å². The molecule has 0 aliphatic heterocycles. The monoisotopic (exact) mass is 154 g/mol. The van der Waals surface area contributed by atoms with Crippen molar-refractivity contribution in [1.29, 1.82) is 0 Å². The molecule has 0 aromatic rings. The third kappa shape index (κ3) is 4.56. The summed E-state index contributed by atoms with van der Waals surface area (Å²) in [6.45, 7) is 6.06. The van der Waals surface area contributed by atoms with E-state index in [2.05, 4.69) is 0 Å². The van der Waals surface area contributed by atoms with Gasteiger partial charge in [-0.15, -0.1) is 0 Å². The molecule has 0 aliphatic rings. The standard InChI is InChI=1S/C6H15OSi.Na/c1-4-8(7,5-2)6-3;/h4-6H2,1-3H3;/q-1;+1. The minimum absolute atomic E-state index is 0. The SMILES string of the molecule is CC[Si]([O-])(CC)CC.[Na+]. The molecule has 0 aromatic heterocycles. The fraction of sp³-hybridized carbons (Fsp3) is 1.00. The predicted octanol–water partition coefficient (Wildman–Crippen LogP) is -1.64. The summed E-state index contributed by atoms with van der Waals surface area (Å²) in [6.07, 6.45) is 0. The molecule has 0 amide bonds. The van der Waals surface area contributed by atoms with E-state index in [0.717, 1.165) is 18.1 Å². The van der Waals surface area contributed by atoms with Crippen LogP contribution in [0.1, 0.15) is 20.8 Å². The molecule has 50 valence electrons. The largest absolute Gasteiger partial charge is 1.00 e. The van der Waals surface area contributed by atoms with E-state index >= 15 is 0 Å². The van der Waals surface area contributed by atoms with E-state index in [1.165, 1.54) is 0 Å². The van der Waals surface area contributed by atoms with Gasteiger partial charge in [0, 0.05) is 0 Å². The van der Waals surface area contributed by atoms with Crippen LogP contribution in [-0.2, 0) is 0 Å².